The highest BCUT2D eigenvalue weighted by Crippen LogP contribution is 2.33. The second-order valence-electron chi connectivity index (χ2n) is 3.84. The Hall–Kier alpha value is -1.36. The van der Waals surface area contributed by atoms with Crippen LogP contribution in [0.1, 0.15) is 30.9 Å². The molecule has 0 saturated carbocycles. The molecule has 0 aliphatic heterocycles. The first-order chi connectivity index (χ1) is 7.97. The van der Waals surface area contributed by atoms with Gasteiger partial charge in [0.1, 0.15) is 0 Å². The number of carbonyl (C=O) groups is 1. The summed E-state index contributed by atoms with van der Waals surface area (Å²) >= 11 is 1.11. The minimum atomic E-state index is -0.414. The maximum Gasteiger partial charge on any atom is 0.273 e. The van der Waals surface area contributed by atoms with E-state index in [1.165, 1.54) is 6.07 Å². The Kier molecular flexibility index (Phi) is 4.69. The van der Waals surface area contributed by atoms with Gasteiger partial charge in [-0.25, -0.2) is 0 Å². The maximum atomic E-state index is 11.6. The van der Waals surface area contributed by atoms with Crippen molar-refractivity contribution in [2.24, 2.45) is 0 Å². The molecule has 4 nitrogen and oxygen atoms in total. The van der Waals surface area contributed by atoms with Gasteiger partial charge in [0.15, 0.2) is 5.12 Å². The molecular weight excluding hydrogens is 238 g/mol. The van der Waals surface area contributed by atoms with Crippen LogP contribution in [0, 0.1) is 24.0 Å². The SMILES string of the molecule is CCCC(=O)Sc1c(C)ccc([N+](=O)[O-])c1C. The number of aryl methyl sites for hydroxylation is 1. The summed E-state index contributed by atoms with van der Waals surface area (Å²) in [5.41, 5.74) is 1.55. The lowest BCUT2D eigenvalue weighted by molar-refractivity contribution is -0.385. The fraction of sp³-hybridized carbons (Fsp3) is 0.417. The minimum absolute atomic E-state index is 0.0548. The predicted molar refractivity (Wildman–Crippen MR) is 68.3 cm³/mol. The highest BCUT2D eigenvalue weighted by atomic mass is 32.2. The maximum absolute atomic E-state index is 11.6. The van der Waals surface area contributed by atoms with Crippen LogP contribution in [0.3, 0.4) is 0 Å². The average molecular weight is 253 g/mol. The van der Waals surface area contributed by atoms with E-state index in [4.69, 9.17) is 0 Å². The quantitative estimate of drug-likeness (QED) is 0.467. The van der Waals surface area contributed by atoms with Crippen LogP contribution < -0.4 is 0 Å². The van der Waals surface area contributed by atoms with Gasteiger partial charge in [0, 0.05) is 22.9 Å². The van der Waals surface area contributed by atoms with E-state index < -0.39 is 4.92 Å². The van der Waals surface area contributed by atoms with Crippen LogP contribution in [0.4, 0.5) is 5.69 Å². The van der Waals surface area contributed by atoms with Gasteiger partial charge in [-0.15, -0.1) is 0 Å². The number of nitrogens with zero attached hydrogens (tertiary/aromatic N) is 1. The molecular formula is C12H15NO3S. The number of nitro groups is 1. The van der Waals surface area contributed by atoms with E-state index in [2.05, 4.69) is 0 Å². The van der Waals surface area contributed by atoms with E-state index >= 15 is 0 Å². The van der Waals surface area contributed by atoms with Crippen molar-refractivity contribution in [2.75, 3.05) is 0 Å². The molecule has 0 N–H and O–H groups in total. The zero-order valence-electron chi connectivity index (χ0n) is 10.1. The molecule has 1 rings (SSSR count). The molecule has 0 radical (unpaired) electrons. The molecule has 17 heavy (non-hydrogen) atoms. The first-order valence-corrected chi connectivity index (χ1v) is 6.24. The van der Waals surface area contributed by atoms with Crippen molar-refractivity contribution in [1.29, 1.82) is 0 Å². The van der Waals surface area contributed by atoms with Crippen molar-refractivity contribution in [1.82, 2.24) is 0 Å². The number of carbonyl (C=O) groups excluding carboxylic acids is 1. The molecule has 0 aliphatic rings. The van der Waals surface area contributed by atoms with Crippen LogP contribution in [0.15, 0.2) is 17.0 Å². The number of rotatable bonds is 4. The summed E-state index contributed by atoms with van der Waals surface area (Å²) in [5, 5.41) is 10.9. The van der Waals surface area contributed by atoms with Crippen LogP contribution >= 0.6 is 11.8 Å². The predicted octanol–water partition coefficient (Wildman–Crippen LogP) is 3.63. The highest BCUT2D eigenvalue weighted by molar-refractivity contribution is 8.13. The van der Waals surface area contributed by atoms with Gasteiger partial charge < -0.3 is 0 Å². The average Bonchev–Trinajstić information content (AvgIpc) is 2.24. The van der Waals surface area contributed by atoms with Crippen LogP contribution in [0.25, 0.3) is 0 Å². The summed E-state index contributed by atoms with van der Waals surface area (Å²) in [6.07, 6.45) is 1.28. The minimum Gasteiger partial charge on any atom is -0.287 e. The Morgan fingerprint density at radius 2 is 2.06 bits per heavy atom. The largest absolute Gasteiger partial charge is 0.287 e. The van der Waals surface area contributed by atoms with E-state index in [1.807, 2.05) is 13.8 Å². The Balaban J connectivity index is 3.09. The fourth-order valence-corrected chi connectivity index (χ4v) is 2.56. The first-order valence-electron chi connectivity index (χ1n) is 5.42. The van der Waals surface area contributed by atoms with Gasteiger partial charge in [-0.05, 0) is 25.8 Å². The normalized spacial score (nSPS) is 10.3. The van der Waals surface area contributed by atoms with E-state index in [9.17, 15) is 14.9 Å². The monoisotopic (exact) mass is 253 g/mol. The van der Waals surface area contributed by atoms with Crippen molar-refractivity contribution in [3.63, 3.8) is 0 Å². The number of hydrogen-bond donors (Lipinski definition) is 0. The lowest BCUT2D eigenvalue weighted by atomic mass is 10.1. The number of hydrogen-bond acceptors (Lipinski definition) is 4. The molecule has 1 aromatic rings. The molecule has 0 atom stereocenters. The molecule has 0 amide bonds. The third-order valence-electron chi connectivity index (χ3n) is 2.44. The van der Waals surface area contributed by atoms with Gasteiger partial charge in [0.25, 0.3) is 5.69 Å². The summed E-state index contributed by atoms with van der Waals surface area (Å²) in [4.78, 5) is 22.7. The van der Waals surface area contributed by atoms with Gasteiger partial charge in [0.05, 0.1) is 4.92 Å². The van der Waals surface area contributed by atoms with Crippen molar-refractivity contribution in [3.8, 4) is 0 Å². The first kappa shape index (κ1) is 13.7. The van der Waals surface area contributed by atoms with Crippen molar-refractivity contribution >= 4 is 22.6 Å². The Morgan fingerprint density at radius 1 is 1.41 bits per heavy atom. The fourth-order valence-electron chi connectivity index (χ4n) is 1.54. The van der Waals surface area contributed by atoms with E-state index in [0.717, 1.165) is 28.6 Å². The topological polar surface area (TPSA) is 60.2 Å². The van der Waals surface area contributed by atoms with Gasteiger partial charge in [-0.3, -0.25) is 14.9 Å². The highest BCUT2D eigenvalue weighted by Gasteiger charge is 2.17. The van der Waals surface area contributed by atoms with Gasteiger partial charge in [0.2, 0.25) is 0 Å². The Labute approximate surface area is 105 Å². The smallest absolute Gasteiger partial charge is 0.273 e. The van der Waals surface area contributed by atoms with Crippen LogP contribution in [-0.2, 0) is 4.79 Å². The van der Waals surface area contributed by atoms with E-state index in [0.29, 0.717) is 12.0 Å². The molecule has 0 spiro atoms. The second-order valence-corrected chi connectivity index (χ2v) is 4.90. The summed E-state index contributed by atoms with van der Waals surface area (Å²) in [6.45, 7) is 5.48. The third kappa shape index (κ3) is 3.30. The lowest BCUT2D eigenvalue weighted by Crippen LogP contribution is -1.98. The van der Waals surface area contributed by atoms with Gasteiger partial charge in [-0.1, -0.05) is 24.8 Å². The van der Waals surface area contributed by atoms with Crippen LogP contribution in [0.2, 0.25) is 0 Å². The second kappa shape index (κ2) is 5.82. The van der Waals surface area contributed by atoms with Crippen molar-refractivity contribution in [3.05, 3.63) is 33.4 Å². The summed E-state index contributed by atoms with van der Waals surface area (Å²) in [7, 11) is 0. The zero-order chi connectivity index (χ0) is 13.0. The van der Waals surface area contributed by atoms with E-state index in [1.54, 1.807) is 13.0 Å². The molecule has 0 fully saturated rings. The lowest BCUT2D eigenvalue weighted by Gasteiger charge is -2.08. The zero-order valence-corrected chi connectivity index (χ0v) is 11.0. The molecule has 0 saturated heterocycles. The number of thioether (sulfide) groups is 1. The van der Waals surface area contributed by atoms with Crippen LogP contribution in [-0.4, -0.2) is 10.0 Å². The molecule has 92 valence electrons. The van der Waals surface area contributed by atoms with Crippen LogP contribution in [0.5, 0.6) is 0 Å². The molecule has 0 heterocycles. The third-order valence-corrected chi connectivity index (χ3v) is 3.70. The van der Waals surface area contributed by atoms with E-state index in [-0.39, 0.29) is 10.8 Å². The number of benzene rings is 1. The molecule has 1 aromatic carbocycles. The number of nitro benzene ring substituents is 1. The van der Waals surface area contributed by atoms with Gasteiger partial charge >= 0.3 is 0 Å². The molecule has 5 heteroatoms. The van der Waals surface area contributed by atoms with Crippen molar-refractivity contribution < 1.29 is 9.72 Å². The molecule has 0 aromatic heterocycles. The Bertz CT molecular complexity index is 457. The standard InChI is InChI=1S/C12H15NO3S/c1-4-5-11(14)17-12-8(2)6-7-10(9(12)3)13(15)16/h6-7H,4-5H2,1-3H3. The summed E-state index contributed by atoms with van der Waals surface area (Å²) in [6, 6.07) is 3.17. The molecule has 0 aliphatic carbocycles. The van der Waals surface area contributed by atoms with Crippen molar-refractivity contribution in [2.45, 2.75) is 38.5 Å². The summed E-state index contributed by atoms with van der Waals surface area (Å²) < 4.78 is 0. The Morgan fingerprint density at radius 3 is 2.59 bits per heavy atom. The molecule has 0 bridgehead atoms. The summed E-state index contributed by atoms with van der Waals surface area (Å²) in [5.74, 6) is 0. The van der Waals surface area contributed by atoms with Gasteiger partial charge in [-0.2, -0.15) is 0 Å². The molecule has 0 unspecified atom stereocenters.